The Morgan fingerprint density at radius 2 is 1.24 bits per heavy atom. The van der Waals surface area contributed by atoms with Crippen molar-refractivity contribution in [3.63, 3.8) is 0 Å². The fraction of sp³-hybridized carbons (Fsp3) is 0.600. The fourth-order valence-corrected chi connectivity index (χ4v) is 3.40. The average Bonchev–Trinajstić information content (AvgIpc) is 3.16. The van der Waals surface area contributed by atoms with Crippen molar-refractivity contribution in [3.8, 4) is 0 Å². The first-order chi connectivity index (χ1) is 11.6. The highest BCUT2D eigenvalue weighted by atomic mass is 79.9. The maximum Gasteiger partial charge on any atom is 0.217 e. The highest BCUT2D eigenvalue weighted by Gasteiger charge is 2.33. The van der Waals surface area contributed by atoms with Crippen LogP contribution in [0.3, 0.4) is 0 Å². The molecule has 0 N–H and O–H groups in total. The summed E-state index contributed by atoms with van der Waals surface area (Å²) in [5.74, 6) is 1.39. The van der Waals surface area contributed by atoms with E-state index >= 15 is 0 Å². The molecular weight excluding hydrogens is 380 g/mol. The Hall–Kier alpha value is -1.36. The van der Waals surface area contributed by atoms with Crippen LogP contribution in [0.15, 0.2) is 32.7 Å². The van der Waals surface area contributed by atoms with Crippen molar-refractivity contribution >= 4 is 27.7 Å². The molecule has 136 valence electrons. The normalized spacial score (nSPS) is 23.8. The molecule has 0 saturated heterocycles. The molecular formula is C20H27BrN2O2. The molecule has 0 bridgehead atoms. The Labute approximate surface area is 158 Å². The summed E-state index contributed by atoms with van der Waals surface area (Å²) in [7, 11) is 0. The number of rotatable bonds is 2. The second-order valence-corrected chi connectivity index (χ2v) is 9.71. The number of hydrogen-bond donors (Lipinski definition) is 0. The molecule has 0 spiro atoms. The topological polar surface area (TPSA) is 43.2 Å². The van der Waals surface area contributed by atoms with Gasteiger partial charge in [-0.15, -0.1) is 0 Å². The predicted octanol–water partition coefficient (Wildman–Crippen LogP) is 4.83. The Morgan fingerprint density at radius 1 is 0.840 bits per heavy atom. The van der Waals surface area contributed by atoms with Gasteiger partial charge in [-0.1, -0.05) is 47.6 Å². The molecule has 0 amide bonds. The van der Waals surface area contributed by atoms with E-state index < -0.39 is 0 Å². The molecule has 2 heterocycles. The standard InChI is InChI=1S/C20H27BrN2O2/c1-19(2,3)14-10-24-17(22-14)12-8-7-9-13(16(12)21)18-23-15(11-25-18)20(4,5)6/h7-9,14-15H,10-11H2,1-6H3/t14-,15-/m1/s1. The van der Waals surface area contributed by atoms with Crippen LogP contribution in [-0.2, 0) is 9.47 Å². The molecule has 4 nitrogen and oxygen atoms in total. The summed E-state index contributed by atoms with van der Waals surface area (Å²) < 4.78 is 12.7. The van der Waals surface area contributed by atoms with Crippen LogP contribution >= 0.6 is 15.9 Å². The van der Waals surface area contributed by atoms with Crippen LogP contribution in [0.2, 0.25) is 0 Å². The van der Waals surface area contributed by atoms with Gasteiger partial charge in [-0.25, -0.2) is 9.98 Å². The van der Waals surface area contributed by atoms with Crippen molar-refractivity contribution in [2.75, 3.05) is 13.2 Å². The number of halogens is 1. The molecule has 0 fully saturated rings. The minimum atomic E-state index is 0.0877. The Morgan fingerprint density at radius 3 is 1.56 bits per heavy atom. The molecule has 2 aliphatic rings. The lowest BCUT2D eigenvalue weighted by Gasteiger charge is -2.21. The molecule has 2 atom stereocenters. The van der Waals surface area contributed by atoms with Crippen molar-refractivity contribution < 1.29 is 9.47 Å². The summed E-state index contributed by atoms with van der Waals surface area (Å²) in [6.07, 6.45) is 0. The summed E-state index contributed by atoms with van der Waals surface area (Å²) in [4.78, 5) is 9.59. The molecule has 0 aromatic heterocycles. The summed E-state index contributed by atoms with van der Waals surface area (Å²) in [5.41, 5.74) is 2.08. The highest BCUT2D eigenvalue weighted by molar-refractivity contribution is 9.10. The highest BCUT2D eigenvalue weighted by Crippen LogP contribution is 2.33. The van der Waals surface area contributed by atoms with Gasteiger partial charge in [-0.3, -0.25) is 0 Å². The first kappa shape index (κ1) is 18.4. The van der Waals surface area contributed by atoms with Gasteiger partial charge in [0.15, 0.2) is 0 Å². The summed E-state index contributed by atoms with van der Waals surface area (Å²) in [5, 5.41) is 0. The van der Waals surface area contributed by atoms with Crippen molar-refractivity contribution in [2.24, 2.45) is 20.8 Å². The minimum absolute atomic E-state index is 0.0877. The van der Waals surface area contributed by atoms with Gasteiger partial charge in [-0.2, -0.15) is 0 Å². The Bertz CT molecular complexity index is 668. The second kappa shape index (κ2) is 6.42. The maximum atomic E-state index is 5.89. The van der Waals surface area contributed by atoms with Gasteiger partial charge >= 0.3 is 0 Å². The smallest absolute Gasteiger partial charge is 0.217 e. The summed E-state index contributed by atoms with van der Waals surface area (Å²) in [6, 6.07) is 6.39. The van der Waals surface area contributed by atoms with Gasteiger partial charge < -0.3 is 9.47 Å². The fourth-order valence-electron chi connectivity index (χ4n) is 2.79. The molecule has 1 aromatic rings. The van der Waals surface area contributed by atoms with Crippen LogP contribution in [0, 0.1) is 10.8 Å². The van der Waals surface area contributed by atoms with Gasteiger partial charge in [0.05, 0.1) is 23.2 Å². The van der Waals surface area contributed by atoms with E-state index in [4.69, 9.17) is 19.5 Å². The molecule has 1 aromatic carbocycles. The van der Waals surface area contributed by atoms with Gasteiger partial charge in [0.1, 0.15) is 13.2 Å². The zero-order valence-corrected chi connectivity index (χ0v) is 17.5. The number of aliphatic imine (C=N–C) groups is 2. The molecule has 0 unspecified atom stereocenters. The average molecular weight is 407 g/mol. The third-order valence-corrected chi connectivity index (χ3v) is 5.62. The van der Waals surface area contributed by atoms with Gasteiger partial charge in [0.25, 0.3) is 0 Å². The van der Waals surface area contributed by atoms with E-state index in [1.807, 2.05) is 18.2 Å². The van der Waals surface area contributed by atoms with Crippen molar-refractivity contribution in [2.45, 2.75) is 53.6 Å². The third-order valence-electron chi connectivity index (χ3n) is 4.76. The van der Waals surface area contributed by atoms with E-state index in [0.29, 0.717) is 25.0 Å². The first-order valence-electron chi connectivity index (χ1n) is 8.78. The van der Waals surface area contributed by atoms with E-state index in [1.54, 1.807) is 0 Å². The minimum Gasteiger partial charge on any atom is -0.475 e. The summed E-state index contributed by atoms with van der Waals surface area (Å²) >= 11 is 3.72. The van der Waals surface area contributed by atoms with Crippen LogP contribution in [0.5, 0.6) is 0 Å². The second-order valence-electron chi connectivity index (χ2n) is 8.92. The third kappa shape index (κ3) is 3.76. The Balaban J connectivity index is 1.92. The molecule has 0 radical (unpaired) electrons. The van der Waals surface area contributed by atoms with Gasteiger partial charge in [0, 0.05) is 4.47 Å². The zero-order valence-electron chi connectivity index (χ0n) is 15.9. The molecule has 25 heavy (non-hydrogen) atoms. The lowest BCUT2D eigenvalue weighted by Crippen LogP contribution is -2.25. The van der Waals surface area contributed by atoms with Crippen molar-refractivity contribution in [1.29, 1.82) is 0 Å². The Kier molecular flexibility index (Phi) is 4.73. The molecule has 0 saturated carbocycles. The lowest BCUT2D eigenvalue weighted by atomic mass is 9.88. The van der Waals surface area contributed by atoms with Crippen LogP contribution in [0.25, 0.3) is 0 Å². The van der Waals surface area contributed by atoms with Crippen LogP contribution < -0.4 is 0 Å². The number of hydrogen-bond acceptors (Lipinski definition) is 4. The quantitative estimate of drug-likeness (QED) is 0.705. The van der Waals surface area contributed by atoms with Crippen molar-refractivity contribution in [3.05, 3.63) is 33.8 Å². The first-order valence-corrected chi connectivity index (χ1v) is 9.57. The van der Waals surface area contributed by atoms with Crippen LogP contribution in [0.4, 0.5) is 0 Å². The largest absolute Gasteiger partial charge is 0.475 e. The monoisotopic (exact) mass is 406 g/mol. The van der Waals surface area contributed by atoms with E-state index in [1.165, 1.54) is 0 Å². The van der Waals surface area contributed by atoms with Crippen LogP contribution in [0.1, 0.15) is 52.7 Å². The maximum absolute atomic E-state index is 5.89. The van der Waals surface area contributed by atoms with E-state index in [0.717, 1.165) is 15.6 Å². The van der Waals surface area contributed by atoms with E-state index in [9.17, 15) is 0 Å². The molecule has 5 heteroatoms. The zero-order chi connectivity index (χ0) is 18.4. The number of benzene rings is 1. The van der Waals surface area contributed by atoms with E-state index in [-0.39, 0.29) is 22.9 Å². The number of nitrogens with zero attached hydrogens (tertiary/aromatic N) is 2. The summed E-state index contributed by atoms with van der Waals surface area (Å²) in [6.45, 7) is 14.4. The van der Waals surface area contributed by atoms with Crippen molar-refractivity contribution in [1.82, 2.24) is 0 Å². The lowest BCUT2D eigenvalue weighted by molar-refractivity contribution is 0.235. The molecule has 3 rings (SSSR count). The van der Waals surface area contributed by atoms with Gasteiger partial charge in [0.2, 0.25) is 11.8 Å². The number of ether oxygens (including phenoxy) is 2. The van der Waals surface area contributed by atoms with E-state index in [2.05, 4.69) is 57.5 Å². The predicted molar refractivity (Wildman–Crippen MR) is 106 cm³/mol. The van der Waals surface area contributed by atoms with Crippen LogP contribution in [-0.4, -0.2) is 37.1 Å². The molecule has 0 aliphatic carbocycles. The van der Waals surface area contributed by atoms with Gasteiger partial charge in [-0.05, 0) is 38.9 Å². The molecule has 2 aliphatic heterocycles. The SMILES string of the molecule is CC(C)(C)[C@H]1COC(c2cccc(C3=N[C@@H](C(C)(C)C)CO3)c2Br)=N1.